The number of rotatable bonds is 8. The van der Waals surface area contributed by atoms with E-state index in [0.29, 0.717) is 18.6 Å². The number of nitrogens with zero attached hydrogens (tertiary/aromatic N) is 2. The van der Waals surface area contributed by atoms with Crippen molar-refractivity contribution in [3.05, 3.63) is 65.7 Å². The molecule has 0 radical (unpaired) electrons. The van der Waals surface area contributed by atoms with Gasteiger partial charge in [-0.15, -0.1) is 0 Å². The van der Waals surface area contributed by atoms with Crippen LogP contribution in [0.1, 0.15) is 24.0 Å². The zero-order chi connectivity index (χ0) is 20.5. The summed E-state index contributed by atoms with van der Waals surface area (Å²) in [6.45, 7) is 1.31. The average molecular weight is 391 g/mol. The number of hydrogen-bond acceptors (Lipinski definition) is 4. The zero-order valence-electron chi connectivity index (χ0n) is 16.3. The van der Waals surface area contributed by atoms with Gasteiger partial charge in [-0.3, -0.25) is 9.59 Å². The van der Waals surface area contributed by atoms with Gasteiger partial charge in [0.05, 0.1) is 12.5 Å². The second kappa shape index (κ2) is 10.3. The predicted octanol–water partition coefficient (Wildman–Crippen LogP) is 2.48. The minimum Gasteiger partial charge on any atom is -0.484 e. The lowest BCUT2D eigenvalue weighted by atomic mass is 10.0. The number of carbonyl (C=O) groups excluding carboxylic acids is 2. The van der Waals surface area contributed by atoms with E-state index in [9.17, 15) is 9.59 Å². The van der Waals surface area contributed by atoms with E-state index < -0.39 is 6.04 Å². The summed E-state index contributed by atoms with van der Waals surface area (Å²) in [5.74, 6) is 0.174. The Morgan fingerprint density at radius 1 is 1.03 bits per heavy atom. The fraction of sp³-hybridized carbons (Fsp3) is 0.348. The van der Waals surface area contributed by atoms with Gasteiger partial charge in [-0.25, -0.2) is 0 Å². The smallest absolute Gasteiger partial charge is 0.258 e. The summed E-state index contributed by atoms with van der Waals surface area (Å²) in [5.41, 5.74) is 1.89. The van der Waals surface area contributed by atoms with Gasteiger partial charge in [-0.1, -0.05) is 42.5 Å². The zero-order valence-corrected chi connectivity index (χ0v) is 16.3. The van der Waals surface area contributed by atoms with Crippen molar-refractivity contribution >= 4 is 11.8 Å². The van der Waals surface area contributed by atoms with Crippen molar-refractivity contribution in [1.82, 2.24) is 10.2 Å². The first kappa shape index (κ1) is 20.4. The van der Waals surface area contributed by atoms with Crippen LogP contribution in [0.5, 0.6) is 5.75 Å². The van der Waals surface area contributed by atoms with E-state index in [1.54, 1.807) is 24.3 Å². The molecule has 150 valence electrons. The maximum absolute atomic E-state index is 12.9. The molecule has 1 heterocycles. The molecule has 29 heavy (non-hydrogen) atoms. The van der Waals surface area contributed by atoms with Crippen molar-refractivity contribution in [3.8, 4) is 11.8 Å². The van der Waals surface area contributed by atoms with E-state index in [1.165, 1.54) is 0 Å². The summed E-state index contributed by atoms with van der Waals surface area (Å²) in [5, 5.41) is 11.6. The maximum atomic E-state index is 12.9. The predicted molar refractivity (Wildman–Crippen MR) is 109 cm³/mol. The van der Waals surface area contributed by atoms with Crippen LogP contribution in [0.4, 0.5) is 0 Å². The summed E-state index contributed by atoms with van der Waals surface area (Å²) < 4.78 is 5.54. The third kappa shape index (κ3) is 6.08. The van der Waals surface area contributed by atoms with Crippen molar-refractivity contribution < 1.29 is 14.3 Å². The normalized spacial score (nSPS) is 14.1. The molecule has 1 N–H and O–H groups in total. The van der Waals surface area contributed by atoms with Gasteiger partial charge in [0.15, 0.2) is 6.61 Å². The van der Waals surface area contributed by atoms with E-state index in [2.05, 4.69) is 11.4 Å². The molecule has 2 amide bonds. The summed E-state index contributed by atoms with van der Waals surface area (Å²) in [6, 6.07) is 18.2. The Kier molecular flexibility index (Phi) is 7.23. The van der Waals surface area contributed by atoms with Crippen LogP contribution in [-0.2, 0) is 22.4 Å². The van der Waals surface area contributed by atoms with Crippen LogP contribution in [-0.4, -0.2) is 42.5 Å². The van der Waals surface area contributed by atoms with Gasteiger partial charge in [0, 0.05) is 19.5 Å². The first-order chi connectivity index (χ1) is 14.2. The van der Waals surface area contributed by atoms with E-state index in [-0.39, 0.29) is 18.4 Å². The molecular formula is C23H25N3O3. The van der Waals surface area contributed by atoms with E-state index in [4.69, 9.17) is 10.00 Å². The molecule has 1 fully saturated rings. The monoisotopic (exact) mass is 391 g/mol. The third-order valence-electron chi connectivity index (χ3n) is 4.91. The summed E-state index contributed by atoms with van der Waals surface area (Å²) >= 11 is 0. The van der Waals surface area contributed by atoms with Gasteiger partial charge in [0.1, 0.15) is 11.8 Å². The van der Waals surface area contributed by atoms with Crippen LogP contribution >= 0.6 is 0 Å². The fourth-order valence-corrected chi connectivity index (χ4v) is 3.39. The third-order valence-corrected chi connectivity index (χ3v) is 4.91. The second-order valence-electron chi connectivity index (χ2n) is 7.11. The Morgan fingerprint density at radius 2 is 1.72 bits per heavy atom. The minimum atomic E-state index is -0.607. The molecule has 0 aromatic heterocycles. The lowest BCUT2D eigenvalue weighted by Gasteiger charge is -2.24. The molecule has 6 heteroatoms. The van der Waals surface area contributed by atoms with E-state index in [0.717, 1.165) is 37.1 Å². The van der Waals surface area contributed by atoms with E-state index in [1.807, 2.05) is 35.2 Å². The Hall–Kier alpha value is -3.33. The highest BCUT2D eigenvalue weighted by atomic mass is 16.5. The number of nitriles is 1. The molecule has 0 saturated carbocycles. The SMILES string of the molecule is N#CCc1ccc(OCC(=O)NC(Cc2ccccc2)C(=O)N2CCCC2)cc1. The highest BCUT2D eigenvalue weighted by Gasteiger charge is 2.28. The molecule has 0 bridgehead atoms. The van der Waals surface area contributed by atoms with Gasteiger partial charge in [0.25, 0.3) is 5.91 Å². The van der Waals surface area contributed by atoms with Crippen molar-refractivity contribution in [1.29, 1.82) is 5.26 Å². The maximum Gasteiger partial charge on any atom is 0.258 e. The molecule has 3 rings (SSSR count). The molecule has 0 spiro atoms. The molecule has 1 aliphatic heterocycles. The lowest BCUT2D eigenvalue weighted by molar-refractivity contribution is -0.136. The summed E-state index contributed by atoms with van der Waals surface area (Å²) in [4.78, 5) is 27.2. The molecule has 1 aliphatic rings. The van der Waals surface area contributed by atoms with Crippen LogP contribution in [0.2, 0.25) is 0 Å². The van der Waals surface area contributed by atoms with E-state index >= 15 is 0 Å². The topological polar surface area (TPSA) is 82.4 Å². The molecule has 1 atom stereocenters. The van der Waals surface area contributed by atoms with Gasteiger partial charge < -0.3 is 15.0 Å². The minimum absolute atomic E-state index is 0.0411. The number of benzene rings is 2. The van der Waals surface area contributed by atoms with Gasteiger partial charge in [-0.05, 0) is 36.1 Å². The van der Waals surface area contributed by atoms with Crippen LogP contribution in [0, 0.1) is 11.3 Å². The Balaban J connectivity index is 1.59. The molecule has 6 nitrogen and oxygen atoms in total. The Bertz CT molecular complexity index is 853. The number of hydrogen-bond donors (Lipinski definition) is 1. The summed E-state index contributed by atoms with van der Waals surface area (Å²) in [6.07, 6.45) is 2.79. The van der Waals surface area contributed by atoms with Gasteiger partial charge >= 0.3 is 0 Å². The van der Waals surface area contributed by atoms with Crippen molar-refractivity contribution in [2.75, 3.05) is 19.7 Å². The molecular weight excluding hydrogens is 366 g/mol. The summed E-state index contributed by atoms with van der Waals surface area (Å²) in [7, 11) is 0. The van der Waals surface area contributed by atoms with Gasteiger partial charge in [0.2, 0.25) is 5.91 Å². The first-order valence-corrected chi connectivity index (χ1v) is 9.86. The number of likely N-dealkylation sites (tertiary alicyclic amines) is 1. The van der Waals surface area contributed by atoms with Crippen molar-refractivity contribution in [2.45, 2.75) is 31.7 Å². The Labute approximate surface area is 171 Å². The standard InChI is InChI=1S/C23H25N3O3/c24-13-12-18-8-10-20(11-9-18)29-17-22(27)25-21(16-19-6-2-1-3-7-19)23(28)26-14-4-5-15-26/h1-3,6-11,21H,4-5,12,14-17H2,(H,25,27). The first-order valence-electron chi connectivity index (χ1n) is 9.86. The highest BCUT2D eigenvalue weighted by molar-refractivity contribution is 5.88. The molecule has 2 aromatic rings. The lowest BCUT2D eigenvalue weighted by Crippen LogP contribution is -2.50. The molecule has 2 aromatic carbocycles. The Morgan fingerprint density at radius 3 is 2.38 bits per heavy atom. The van der Waals surface area contributed by atoms with Gasteiger partial charge in [-0.2, -0.15) is 5.26 Å². The van der Waals surface area contributed by atoms with Crippen molar-refractivity contribution in [2.24, 2.45) is 0 Å². The average Bonchev–Trinajstić information content (AvgIpc) is 3.28. The van der Waals surface area contributed by atoms with Crippen LogP contribution in [0.25, 0.3) is 0 Å². The highest BCUT2D eigenvalue weighted by Crippen LogP contribution is 2.14. The number of carbonyl (C=O) groups is 2. The largest absolute Gasteiger partial charge is 0.484 e. The second-order valence-corrected chi connectivity index (χ2v) is 7.11. The number of amides is 2. The molecule has 1 saturated heterocycles. The quantitative estimate of drug-likeness (QED) is 0.749. The molecule has 0 aliphatic carbocycles. The van der Waals surface area contributed by atoms with Crippen LogP contribution in [0.15, 0.2) is 54.6 Å². The number of nitrogens with one attached hydrogen (secondary N) is 1. The number of ether oxygens (including phenoxy) is 1. The molecule has 1 unspecified atom stereocenters. The fourth-order valence-electron chi connectivity index (χ4n) is 3.39. The van der Waals surface area contributed by atoms with Crippen molar-refractivity contribution in [3.63, 3.8) is 0 Å². The van der Waals surface area contributed by atoms with Crippen LogP contribution in [0.3, 0.4) is 0 Å². The van der Waals surface area contributed by atoms with Crippen LogP contribution < -0.4 is 10.1 Å².